The molecule has 14 heavy (non-hydrogen) atoms. The fourth-order valence-corrected chi connectivity index (χ4v) is 1.52. The van der Waals surface area contributed by atoms with Crippen molar-refractivity contribution in [1.82, 2.24) is 9.55 Å². The summed E-state index contributed by atoms with van der Waals surface area (Å²) in [5, 5.41) is 0. The van der Waals surface area contributed by atoms with E-state index in [1.807, 2.05) is 6.33 Å². The predicted molar refractivity (Wildman–Crippen MR) is 60.5 cm³/mol. The van der Waals surface area contributed by atoms with Crippen molar-refractivity contribution >= 4 is 0 Å². The number of aromatic nitrogens is 2. The number of aryl methyl sites for hydroxylation is 1. The molecule has 0 unspecified atom stereocenters. The zero-order valence-electron chi connectivity index (χ0n) is 9.66. The Morgan fingerprint density at radius 2 is 2.07 bits per heavy atom. The second-order valence-corrected chi connectivity index (χ2v) is 4.25. The minimum atomic E-state index is 0.548. The van der Waals surface area contributed by atoms with E-state index in [4.69, 9.17) is 0 Å². The van der Waals surface area contributed by atoms with Gasteiger partial charge in [-0.25, -0.2) is 4.98 Å². The van der Waals surface area contributed by atoms with Crippen molar-refractivity contribution < 1.29 is 0 Å². The van der Waals surface area contributed by atoms with Crippen LogP contribution in [0.2, 0.25) is 0 Å². The van der Waals surface area contributed by atoms with Crippen LogP contribution in [0.15, 0.2) is 12.5 Å². The van der Waals surface area contributed by atoms with Gasteiger partial charge in [-0.3, -0.25) is 0 Å². The molecule has 0 aliphatic rings. The second-order valence-electron chi connectivity index (χ2n) is 4.25. The largest absolute Gasteiger partial charge is 0.337 e. The maximum atomic E-state index is 4.38. The van der Waals surface area contributed by atoms with Gasteiger partial charge in [-0.2, -0.15) is 0 Å². The molecule has 0 saturated carbocycles. The molecular weight excluding hydrogens is 172 g/mol. The Hall–Kier alpha value is -0.790. The minimum absolute atomic E-state index is 0.548. The fourth-order valence-electron chi connectivity index (χ4n) is 1.52. The van der Waals surface area contributed by atoms with Crippen LogP contribution in [-0.2, 0) is 6.54 Å². The van der Waals surface area contributed by atoms with Crippen molar-refractivity contribution in [1.29, 1.82) is 0 Å². The molecule has 0 aliphatic carbocycles. The van der Waals surface area contributed by atoms with Gasteiger partial charge in [0.1, 0.15) is 0 Å². The topological polar surface area (TPSA) is 17.8 Å². The lowest BCUT2D eigenvalue weighted by atomic mass is 10.1. The molecule has 1 heterocycles. The number of hydrogen-bond donors (Lipinski definition) is 0. The molecule has 0 fully saturated rings. The highest BCUT2D eigenvalue weighted by atomic mass is 15.0. The van der Waals surface area contributed by atoms with E-state index in [0.29, 0.717) is 5.92 Å². The number of hydrogen-bond acceptors (Lipinski definition) is 1. The van der Waals surface area contributed by atoms with Gasteiger partial charge in [0.2, 0.25) is 0 Å². The molecule has 0 atom stereocenters. The van der Waals surface area contributed by atoms with E-state index in [0.717, 1.165) is 6.54 Å². The Bertz CT molecular complexity index is 251. The first kappa shape index (κ1) is 11.3. The van der Waals surface area contributed by atoms with E-state index in [1.165, 1.54) is 31.4 Å². The third-order valence-corrected chi connectivity index (χ3v) is 2.51. The summed E-state index contributed by atoms with van der Waals surface area (Å²) in [6, 6.07) is 0. The van der Waals surface area contributed by atoms with Crippen LogP contribution in [0, 0.1) is 0 Å². The number of imidazole rings is 1. The molecule has 80 valence electrons. The van der Waals surface area contributed by atoms with Gasteiger partial charge in [-0.1, -0.05) is 40.0 Å². The highest BCUT2D eigenvalue weighted by molar-refractivity contribution is 5.01. The van der Waals surface area contributed by atoms with Crippen LogP contribution in [0.25, 0.3) is 0 Å². The quantitative estimate of drug-likeness (QED) is 0.633. The average molecular weight is 194 g/mol. The highest BCUT2D eigenvalue weighted by Crippen LogP contribution is 2.11. The summed E-state index contributed by atoms with van der Waals surface area (Å²) in [4.78, 5) is 4.38. The van der Waals surface area contributed by atoms with Crippen LogP contribution in [0.3, 0.4) is 0 Å². The average Bonchev–Trinajstić information content (AvgIpc) is 2.61. The molecule has 0 bridgehead atoms. The van der Waals surface area contributed by atoms with Crippen molar-refractivity contribution in [3.63, 3.8) is 0 Å². The standard InChI is InChI=1S/C12H22N2/c1-4-5-6-7-8-14-9-12(11(2)3)13-10-14/h9-11H,4-8H2,1-3H3. The maximum absolute atomic E-state index is 4.38. The summed E-state index contributed by atoms with van der Waals surface area (Å²) in [6.07, 6.45) is 9.41. The van der Waals surface area contributed by atoms with Crippen molar-refractivity contribution in [3.05, 3.63) is 18.2 Å². The third kappa shape index (κ3) is 3.52. The summed E-state index contributed by atoms with van der Waals surface area (Å²) < 4.78 is 2.21. The Morgan fingerprint density at radius 3 is 2.64 bits per heavy atom. The van der Waals surface area contributed by atoms with Crippen LogP contribution in [0.1, 0.15) is 58.1 Å². The van der Waals surface area contributed by atoms with E-state index in [-0.39, 0.29) is 0 Å². The van der Waals surface area contributed by atoms with E-state index in [9.17, 15) is 0 Å². The lowest BCUT2D eigenvalue weighted by Crippen LogP contribution is -1.94. The van der Waals surface area contributed by atoms with Crippen LogP contribution in [0.5, 0.6) is 0 Å². The molecule has 1 aromatic rings. The molecule has 0 saturated heterocycles. The van der Waals surface area contributed by atoms with E-state index in [1.54, 1.807) is 0 Å². The normalized spacial score (nSPS) is 11.1. The van der Waals surface area contributed by atoms with E-state index >= 15 is 0 Å². The molecule has 2 nitrogen and oxygen atoms in total. The number of rotatable bonds is 6. The SMILES string of the molecule is CCCCCCn1cnc(C(C)C)c1. The molecule has 0 radical (unpaired) electrons. The molecule has 0 aromatic carbocycles. The fraction of sp³-hybridized carbons (Fsp3) is 0.750. The number of nitrogens with zero attached hydrogens (tertiary/aromatic N) is 2. The van der Waals surface area contributed by atoms with Gasteiger partial charge >= 0.3 is 0 Å². The van der Waals surface area contributed by atoms with Crippen LogP contribution in [0.4, 0.5) is 0 Å². The Labute approximate surface area is 87.4 Å². The van der Waals surface area contributed by atoms with Crippen LogP contribution >= 0.6 is 0 Å². The van der Waals surface area contributed by atoms with Gasteiger partial charge in [0, 0.05) is 12.7 Å². The zero-order chi connectivity index (χ0) is 10.4. The van der Waals surface area contributed by atoms with Crippen LogP contribution in [-0.4, -0.2) is 9.55 Å². The van der Waals surface area contributed by atoms with Crippen molar-refractivity contribution in [2.75, 3.05) is 0 Å². The molecule has 1 aromatic heterocycles. The summed E-state index contributed by atoms with van der Waals surface area (Å²) in [5.41, 5.74) is 1.21. The third-order valence-electron chi connectivity index (χ3n) is 2.51. The molecular formula is C12H22N2. The molecule has 0 spiro atoms. The summed E-state index contributed by atoms with van der Waals surface area (Å²) in [5.74, 6) is 0.548. The minimum Gasteiger partial charge on any atom is -0.337 e. The first-order chi connectivity index (χ1) is 6.74. The van der Waals surface area contributed by atoms with Gasteiger partial charge in [0.25, 0.3) is 0 Å². The maximum Gasteiger partial charge on any atom is 0.0949 e. The monoisotopic (exact) mass is 194 g/mol. The Kier molecular flexibility index (Phi) is 4.71. The van der Waals surface area contributed by atoms with Gasteiger partial charge in [0.05, 0.1) is 12.0 Å². The van der Waals surface area contributed by atoms with Crippen molar-refractivity contribution in [2.24, 2.45) is 0 Å². The zero-order valence-corrected chi connectivity index (χ0v) is 9.66. The molecule has 0 N–H and O–H groups in total. The summed E-state index contributed by atoms with van der Waals surface area (Å²) in [7, 11) is 0. The Balaban J connectivity index is 2.29. The lowest BCUT2D eigenvalue weighted by molar-refractivity contribution is 0.581. The van der Waals surface area contributed by atoms with E-state index < -0.39 is 0 Å². The van der Waals surface area contributed by atoms with E-state index in [2.05, 4.69) is 36.5 Å². The van der Waals surface area contributed by atoms with Gasteiger partial charge < -0.3 is 4.57 Å². The van der Waals surface area contributed by atoms with Crippen molar-refractivity contribution in [3.8, 4) is 0 Å². The summed E-state index contributed by atoms with van der Waals surface area (Å²) >= 11 is 0. The van der Waals surface area contributed by atoms with Crippen molar-refractivity contribution in [2.45, 2.75) is 58.9 Å². The Morgan fingerprint density at radius 1 is 1.29 bits per heavy atom. The molecule has 0 amide bonds. The van der Waals surface area contributed by atoms with Gasteiger partial charge in [0.15, 0.2) is 0 Å². The first-order valence-electron chi connectivity index (χ1n) is 5.75. The lowest BCUT2D eigenvalue weighted by Gasteiger charge is -2.01. The number of unbranched alkanes of at least 4 members (excludes halogenated alkanes) is 3. The highest BCUT2D eigenvalue weighted by Gasteiger charge is 2.02. The molecule has 1 rings (SSSR count). The summed E-state index contributed by atoms with van der Waals surface area (Å²) in [6.45, 7) is 7.74. The predicted octanol–water partition coefficient (Wildman–Crippen LogP) is 3.59. The smallest absolute Gasteiger partial charge is 0.0949 e. The van der Waals surface area contributed by atoms with Crippen LogP contribution < -0.4 is 0 Å². The molecule has 0 aliphatic heterocycles. The van der Waals surface area contributed by atoms with Gasteiger partial charge in [-0.15, -0.1) is 0 Å². The first-order valence-corrected chi connectivity index (χ1v) is 5.75. The second kappa shape index (κ2) is 5.84. The molecule has 2 heteroatoms. The van der Waals surface area contributed by atoms with Gasteiger partial charge in [-0.05, 0) is 12.3 Å².